The van der Waals surface area contributed by atoms with Crippen LogP contribution in [0.25, 0.3) is 0 Å². The van der Waals surface area contributed by atoms with Crippen molar-refractivity contribution >= 4 is 15.9 Å². The van der Waals surface area contributed by atoms with Gasteiger partial charge in [-0.3, -0.25) is 4.79 Å². The minimum Gasteiger partial charge on any atom is -0.342 e. The molecular formula is C20H36N2O3S. The summed E-state index contributed by atoms with van der Waals surface area (Å²) in [6.07, 6.45) is 8.02. The van der Waals surface area contributed by atoms with Gasteiger partial charge in [-0.2, -0.15) is 0 Å². The minimum atomic E-state index is -3.22. The minimum absolute atomic E-state index is 0.120. The molecule has 1 amide bonds. The fourth-order valence-corrected chi connectivity index (χ4v) is 6.95. The fraction of sp³-hybridized carbons (Fsp3) is 0.950. The van der Waals surface area contributed by atoms with Crippen LogP contribution in [0.1, 0.15) is 65.2 Å². The zero-order valence-corrected chi connectivity index (χ0v) is 17.3. The molecule has 1 aliphatic carbocycles. The Morgan fingerprint density at radius 1 is 0.962 bits per heavy atom. The van der Waals surface area contributed by atoms with Gasteiger partial charge in [-0.15, -0.1) is 0 Å². The number of carbonyl (C=O) groups excluding carboxylic acids is 1. The van der Waals surface area contributed by atoms with Crippen LogP contribution in [-0.2, 0) is 14.8 Å². The van der Waals surface area contributed by atoms with Gasteiger partial charge in [0.2, 0.25) is 15.9 Å². The summed E-state index contributed by atoms with van der Waals surface area (Å²) in [5.74, 6) is 2.64. The summed E-state index contributed by atoms with van der Waals surface area (Å²) in [5.41, 5.74) is 0. The molecule has 26 heavy (non-hydrogen) atoms. The first kappa shape index (κ1) is 20.1. The van der Waals surface area contributed by atoms with E-state index >= 15 is 0 Å². The van der Waals surface area contributed by atoms with Crippen LogP contribution in [0.4, 0.5) is 0 Å². The molecule has 150 valence electrons. The molecule has 4 unspecified atom stereocenters. The van der Waals surface area contributed by atoms with Gasteiger partial charge in [-0.05, 0) is 49.4 Å². The van der Waals surface area contributed by atoms with Gasteiger partial charge in [0.05, 0.1) is 5.75 Å². The standard InChI is InChI=1S/C20H36N2O3S/c1-16-12-17(2)14-21(13-16)20(23)8-5-11-26(24,25)22-10-9-18-6-3-4-7-19(18)15-22/h16-19H,3-15H2,1-2H3. The van der Waals surface area contributed by atoms with Crippen LogP contribution in [0.15, 0.2) is 0 Å². The molecular weight excluding hydrogens is 348 g/mol. The van der Waals surface area contributed by atoms with Crippen molar-refractivity contribution < 1.29 is 13.2 Å². The van der Waals surface area contributed by atoms with Gasteiger partial charge in [0.15, 0.2) is 0 Å². The molecule has 2 heterocycles. The van der Waals surface area contributed by atoms with Crippen LogP contribution in [0.2, 0.25) is 0 Å². The van der Waals surface area contributed by atoms with Crippen molar-refractivity contribution in [2.24, 2.45) is 23.7 Å². The zero-order valence-electron chi connectivity index (χ0n) is 16.5. The number of likely N-dealkylation sites (tertiary alicyclic amines) is 1. The predicted molar refractivity (Wildman–Crippen MR) is 104 cm³/mol. The third kappa shape index (κ3) is 5.00. The lowest BCUT2D eigenvalue weighted by Crippen LogP contribution is -2.45. The molecule has 1 saturated carbocycles. The maximum atomic E-state index is 12.7. The van der Waals surface area contributed by atoms with Crippen molar-refractivity contribution in [2.45, 2.75) is 65.2 Å². The molecule has 0 aromatic rings. The Labute approximate surface area is 159 Å². The van der Waals surface area contributed by atoms with Gasteiger partial charge in [0.25, 0.3) is 0 Å². The summed E-state index contributed by atoms with van der Waals surface area (Å²) in [6, 6.07) is 0. The quantitative estimate of drug-likeness (QED) is 0.732. The normalized spacial score (nSPS) is 33.7. The predicted octanol–water partition coefficient (Wildman–Crippen LogP) is 3.11. The first-order chi connectivity index (χ1) is 12.3. The molecule has 4 atom stereocenters. The molecule has 6 heteroatoms. The lowest BCUT2D eigenvalue weighted by atomic mass is 9.76. The summed E-state index contributed by atoms with van der Waals surface area (Å²) in [5, 5.41) is 0. The van der Waals surface area contributed by atoms with Gasteiger partial charge in [0, 0.05) is 32.6 Å². The Morgan fingerprint density at radius 2 is 1.62 bits per heavy atom. The van der Waals surface area contributed by atoms with Gasteiger partial charge in [0.1, 0.15) is 0 Å². The highest BCUT2D eigenvalue weighted by atomic mass is 32.2. The summed E-state index contributed by atoms with van der Waals surface area (Å²) < 4.78 is 27.2. The van der Waals surface area contributed by atoms with Crippen LogP contribution in [0.5, 0.6) is 0 Å². The van der Waals surface area contributed by atoms with Crippen molar-refractivity contribution in [1.29, 1.82) is 0 Å². The maximum Gasteiger partial charge on any atom is 0.222 e. The molecule has 3 rings (SSSR count). The van der Waals surface area contributed by atoms with Gasteiger partial charge in [-0.25, -0.2) is 12.7 Å². The summed E-state index contributed by atoms with van der Waals surface area (Å²) in [7, 11) is -3.22. The van der Waals surface area contributed by atoms with E-state index in [1.54, 1.807) is 4.31 Å². The monoisotopic (exact) mass is 384 g/mol. The molecule has 2 aliphatic heterocycles. The molecule has 0 N–H and O–H groups in total. The van der Waals surface area contributed by atoms with Crippen molar-refractivity contribution in [3.05, 3.63) is 0 Å². The summed E-state index contributed by atoms with van der Waals surface area (Å²) in [6.45, 7) is 7.42. The number of fused-ring (bicyclic) bond motifs is 1. The van der Waals surface area contributed by atoms with E-state index in [0.717, 1.165) is 25.4 Å². The Morgan fingerprint density at radius 3 is 2.31 bits per heavy atom. The van der Waals surface area contributed by atoms with E-state index in [2.05, 4.69) is 13.8 Å². The highest BCUT2D eigenvalue weighted by Gasteiger charge is 2.35. The van der Waals surface area contributed by atoms with E-state index in [1.807, 2.05) is 4.90 Å². The highest BCUT2D eigenvalue weighted by molar-refractivity contribution is 7.89. The van der Waals surface area contributed by atoms with Crippen molar-refractivity contribution in [3.8, 4) is 0 Å². The van der Waals surface area contributed by atoms with E-state index in [1.165, 1.54) is 32.1 Å². The third-order valence-corrected chi connectivity index (χ3v) is 8.58. The Balaban J connectivity index is 1.45. The van der Waals surface area contributed by atoms with Crippen molar-refractivity contribution in [1.82, 2.24) is 9.21 Å². The lowest BCUT2D eigenvalue weighted by molar-refractivity contribution is -0.133. The van der Waals surface area contributed by atoms with Crippen LogP contribution in [-0.4, -0.2) is 55.5 Å². The first-order valence-electron chi connectivity index (χ1n) is 10.6. The number of piperidine rings is 2. The molecule has 3 aliphatic rings. The SMILES string of the molecule is CC1CC(C)CN(C(=O)CCCS(=O)(=O)N2CCC3CCCCC3C2)C1. The smallest absolute Gasteiger partial charge is 0.222 e. The van der Waals surface area contributed by atoms with Gasteiger partial charge < -0.3 is 4.90 Å². The molecule has 0 aromatic heterocycles. The van der Waals surface area contributed by atoms with Crippen LogP contribution in [0, 0.1) is 23.7 Å². The Kier molecular flexibility index (Phi) is 6.65. The Hall–Kier alpha value is -0.620. The first-order valence-corrected chi connectivity index (χ1v) is 12.2. The van der Waals surface area contributed by atoms with E-state index in [4.69, 9.17) is 0 Å². The molecule has 0 bridgehead atoms. The number of carbonyl (C=O) groups is 1. The summed E-state index contributed by atoms with van der Waals surface area (Å²) >= 11 is 0. The second-order valence-electron chi connectivity index (χ2n) is 9.12. The molecule has 0 radical (unpaired) electrons. The molecule has 0 aromatic carbocycles. The van der Waals surface area contributed by atoms with E-state index in [-0.39, 0.29) is 11.7 Å². The van der Waals surface area contributed by atoms with Crippen molar-refractivity contribution in [3.63, 3.8) is 0 Å². The second-order valence-corrected chi connectivity index (χ2v) is 11.2. The zero-order chi connectivity index (χ0) is 18.7. The topological polar surface area (TPSA) is 57.7 Å². The molecule has 5 nitrogen and oxygen atoms in total. The molecule has 2 saturated heterocycles. The van der Waals surface area contributed by atoms with E-state index in [9.17, 15) is 13.2 Å². The largest absolute Gasteiger partial charge is 0.342 e. The van der Waals surface area contributed by atoms with E-state index in [0.29, 0.717) is 43.7 Å². The summed E-state index contributed by atoms with van der Waals surface area (Å²) in [4.78, 5) is 14.4. The van der Waals surface area contributed by atoms with Crippen LogP contribution in [0.3, 0.4) is 0 Å². The average molecular weight is 385 g/mol. The average Bonchev–Trinajstić information content (AvgIpc) is 2.60. The number of rotatable bonds is 5. The van der Waals surface area contributed by atoms with Gasteiger partial charge in [-0.1, -0.05) is 33.1 Å². The number of nitrogens with zero attached hydrogens (tertiary/aromatic N) is 2. The van der Waals surface area contributed by atoms with Gasteiger partial charge >= 0.3 is 0 Å². The second kappa shape index (κ2) is 8.59. The Bertz CT molecular complexity index is 582. The van der Waals surface area contributed by atoms with E-state index < -0.39 is 10.0 Å². The third-order valence-electron chi connectivity index (χ3n) is 6.66. The number of hydrogen-bond acceptors (Lipinski definition) is 3. The maximum absolute atomic E-state index is 12.7. The lowest BCUT2D eigenvalue weighted by Gasteiger charge is -2.40. The molecule has 0 spiro atoms. The van der Waals surface area contributed by atoms with Crippen LogP contribution < -0.4 is 0 Å². The fourth-order valence-electron chi connectivity index (χ4n) is 5.38. The number of amides is 1. The number of hydrogen-bond donors (Lipinski definition) is 0. The highest BCUT2D eigenvalue weighted by Crippen LogP contribution is 2.36. The van der Waals surface area contributed by atoms with Crippen molar-refractivity contribution in [2.75, 3.05) is 31.9 Å². The number of sulfonamides is 1. The van der Waals surface area contributed by atoms with Crippen LogP contribution >= 0.6 is 0 Å². The molecule has 3 fully saturated rings.